The van der Waals surface area contributed by atoms with E-state index in [4.69, 9.17) is 4.42 Å². The van der Waals surface area contributed by atoms with Gasteiger partial charge in [0.25, 0.3) is 0 Å². The van der Waals surface area contributed by atoms with E-state index in [0.29, 0.717) is 11.5 Å². The minimum atomic E-state index is -0.964. The molecule has 1 fully saturated rings. The highest BCUT2D eigenvalue weighted by Gasteiger charge is 2.41. The smallest absolute Gasteiger partial charge is 0.327 e. The van der Waals surface area contributed by atoms with Crippen LogP contribution in [0.1, 0.15) is 32.1 Å². The predicted molar refractivity (Wildman–Crippen MR) is 75.5 cm³/mol. The van der Waals surface area contributed by atoms with Crippen LogP contribution in [0.25, 0.3) is 0 Å². The fraction of sp³-hybridized carbons (Fsp3) is 0.538. The van der Waals surface area contributed by atoms with Crippen molar-refractivity contribution in [1.82, 2.24) is 10.2 Å². The van der Waals surface area contributed by atoms with Crippen molar-refractivity contribution in [1.29, 1.82) is 0 Å². The van der Waals surface area contributed by atoms with Crippen molar-refractivity contribution in [3.8, 4) is 0 Å². The highest BCUT2D eigenvalue weighted by molar-refractivity contribution is 8.00. The van der Waals surface area contributed by atoms with Gasteiger partial charge in [-0.1, -0.05) is 6.92 Å². The zero-order chi connectivity index (χ0) is 14.7. The van der Waals surface area contributed by atoms with E-state index in [1.165, 1.54) is 16.7 Å². The third-order valence-corrected chi connectivity index (χ3v) is 4.72. The Bertz CT molecular complexity index is 477. The SMILES string of the molecule is CCC1SCC(C(=O)O)N1C(=O)NC(C)c1ccco1. The van der Waals surface area contributed by atoms with Crippen LogP contribution in [0.5, 0.6) is 0 Å². The van der Waals surface area contributed by atoms with Gasteiger partial charge in [0.15, 0.2) is 0 Å². The van der Waals surface area contributed by atoms with Crippen LogP contribution in [0, 0.1) is 0 Å². The molecule has 0 spiro atoms. The van der Waals surface area contributed by atoms with E-state index in [9.17, 15) is 14.7 Å². The van der Waals surface area contributed by atoms with Crippen molar-refractivity contribution in [2.24, 2.45) is 0 Å². The van der Waals surface area contributed by atoms with Crippen molar-refractivity contribution in [2.75, 3.05) is 5.75 Å². The molecule has 1 aromatic heterocycles. The number of aliphatic carboxylic acids is 1. The molecule has 1 aliphatic rings. The maximum absolute atomic E-state index is 12.3. The first-order chi connectivity index (χ1) is 9.54. The number of amides is 2. The fourth-order valence-electron chi connectivity index (χ4n) is 2.21. The molecule has 110 valence electrons. The zero-order valence-corrected chi connectivity index (χ0v) is 12.2. The lowest BCUT2D eigenvalue weighted by Gasteiger charge is -2.28. The van der Waals surface area contributed by atoms with Gasteiger partial charge < -0.3 is 14.8 Å². The Balaban J connectivity index is 2.07. The summed E-state index contributed by atoms with van der Waals surface area (Å²) in [5, 5.41) is 11.9. The zero-order valence-electron chi connectivity index (χ0n) is 11.4. The normalized spacial score (nSPS) is 23.6. The van der Waals surface area contributed by atoms with Gasteiger partial charge in [-0.2, -0.15) is 0 Å². The van der Waals surface area contributed by atoms with Crippen LogP contribution in [-0.2, 0) is 4.79 Å². The van der Waals surface area contributed by atoms with E-state index in [1.54, 1.807) is 25.3 Å². The van der Waals surface area contributed by atoms with Crippen LogP contribution in [0.4, 0.5) is 4.79 Å². The number of carbonyl (C=O) groups excluding carboxylic acids is 1. The molecule has 3 unspecified atom stereocenters. The quantitative estimate of drug-likeness (QED) is 0.891. The van der Waals surface area contributed by atoms with E-state index < -0.39 is 12.0 Å². The van der Waals surface area contributed by atoms with E-state index in [0.717, 1.165) is 6.42 Å². The summed E-state index contributed by atoms with van der Waals surface area (Å²) in [5.41, 5.74) is 0. The molecule has 20 heavy (non-hydrogen) atoms. The molecule has 0 radical (unpaired) electrons. The number of urea groups is 1. The summed E-state index contributed by atoms with van der Waals surface area (Å²) in [4.78, 5) is 25.0. The first-order valence-electron chi connectivity index (χ1n) is 6.51. The van der Waals surface area contributed by atoms with Crippen LogP contribution in [-0.4, -0.2) is 39.2 Å². The lowest BCUT2D eigenvalue weighted by Crippen LogP contribution is -2.50. The molecule has 1 aliphatic heterocycles. The lowest BCUT2D eigenvalue weighted by molar-refractivity contribution is -0.141. The van der Waals surface area contributed by atoms with E-state index >= 15 is 0 Å². The second-order valence-electron chi connectivity index (χ2n) is 4.64. The third kappa shape index (κ3) is 2.92. The van der Waals surface area contributed by atoms with Gasteiger partial charge in [-0.25, -0.2) is 9.59 Å². The van der Waals surface area contributed by atoms with Crippen LogP contribution in [0.2, 0.25) is 0 Å². The van der Waals surface area contributed by atoms with Crippen molar-refractivity contribution in [3.63, 3.8) is 0 Å². The number of nitrogens with one attached hydrogen (secondary N) is 1. The third-order valence-electron chi connectivity index (χ3n) is 3.27. The average Bonchev–Trinajstić information content (AvgIpc) is 3.07. The molecule has 3 atom stereocenters. The van der Waals surface area contributed by atoms with Crippen molar-refractivity contribution < 1.29 is 19.1 Å². The lowest BCUT2D eigenvalue weighted by atomic mass is 10.2. The molecule has 2 rings (SSSR count). The van der Waals surface area contributed by atoms with E-state index in [2.05, 4.69) is 5.32 Å². The molecule has 7 heteroatoms. The molecule has 0 aromatic carbocycles. The molecular weight excluding hydrogens is 280 g/mol. The van der Waals surface area contributed by atoms with Gasteiger partial charge in [-0.05, 0) is 25.5 Å². The number of thioether (sulfide) groups is 1. The summed E-state index contributed by atoms with van der Waals surface area (Å²) >= 11 is 1.50. The number of furan rings is 1. The van der Waals surface area contributed by atoms with Gasteiger partial charge in [0.2, 0.25) is 0 Å². The molecule has 2 heterocycles. The Morgan fingerprint density at radius 3 is 2.95 bits per heavy atom. The van der Waals surface area contributed by atoms with Gasteiger partial charge in [0.1, 0.15) is 11.8 Å². The largest absolute Gasteiger partial charge is 0.480 e. The summed E-state index contributed by atoms with van der Waals surface area (Å²) in [6.45, 7) is 3.74. The number of carbonyl (C=O) groups is 2. The van der Waals surface area contributed by atoms with Crippen LogP contribution in [0.15, 0.2) is 22.8 Å². The molecule has 2 N–H and O–H groups in total. The Morgan fingerprint density at radius 2 is 2.40 bits per heavy atom. The summed E-state index contributed by atoms with van der Waals surface area (Å²) < 4.78 is 5.23. The molecule has 0 bridgehead atoms. The number of rotatable bonds is 4. The van der Waals surface area contributed by atoms with Crippen LogP contribution in [0.3, 0.4) is 0 Å². The first kappa shape index (κ1) is 14.8. The average molecular weight is 298 g/mol. The van der Waals surface area contributed by atoms with E-state index in [-0.39, 0.29) is 17.4 Å². The highest BCUT2D eigenvalue weighted by Crippen LogP contribution is 2.31. The summed E-state index contributed by atoms with van der Waals surface area (Å²) in [7, 11) is 0. The van der Waals surface area contributed by atoms with Gasteiger partial charge in [0.05, 0.1) is 17.7 Å². The van der Waals surface area contributed by atoms with Crippen LogP contribution < -0.4 is 5.32 Å². The van der Waals surface area contributed by atoms with Gasteiger partial charge in [0, 0.05) is 5.75 Å². The molecule has 0 saturated carbocycles. The summed E-state index contributed by atoms with van der Waals surface area (Å²) in [6.07, 6.45) is 2.26. The number of hydrogen-bond donors (Lipinski definition) is 2. The minimum Gasteiger partial charge on any atom is -0.480 e. The molecule has 1 aromatic rings. The molecule has 0 aliphatic carbocycles. The van der Waals surface area contributed by atoms with Crippen LogP contribution >= 0.6 is 11.8 Å². The second kappa shape index (κ2) is 6.21. The Morgan fingerprint density at radius 1 is 1.65 bits per heavy atom. The minimum absolute atomic E-state index is 0.0973. The summed E-state index contributed by atoms with van der Waals surface area (Å²) in [6, 6.07) is 2.09. The van der Waals surface area contributed by atoms with E-state index in [1.807, 2.05) is 6.92 Å². The van der Waals surface area contributed by atoms with Gasteiger partial charge >= 0.3 is 12.0 Å². The molecule has 2 amide bonds. The summed E-state index contributed by atoms with van der Waals surface area (Å²) in [5.74, 6) is 0.107. The number of nitrogens with zero attached hydrogens (tertiary/aromatic N) is 1. The maximum Gasteiger partial charge on any atom is 0.327 e. The predicted octanol–water partition coefficient (Wildman–Crippen LogP) is 2.29. The topological polar surface area (TPSA) is 82.8 Å². The second-order valence-corrected chi connectivity index (χ2v) is 5.85. The standard InChI is InChI=1S/C13H18N2O4S/c1-3-11-15(9(7-20-11)12(16)17)13(18)14-8(2)10-5-4-6-19-10/h4-6,8-9,11H,3,7H2,1-2H3,(H,14,18)(H,16,17). The molecule has 1 saturated heterocycles. The maximum atomic E-state index is 12.3. The Hall–Kier alpha value is -1.63. The molecule has 6 nitrogen and oxygen atoms in total. The number of carboxylic acids is 1. The monoisotopic (exact) mass is 298 g/mol. The van der Waals surface area contributed by atoms with Gasteiger partial charge in [-0.15, -0.1) is 11.8 Å². The highest BCUT2D eigenvalue weighted by atomic mass is 32.2. The Kier molecular flexibility index (Phi) is 4.59. The molecular formula is C13H18N2O4S. The Labute approximate surface area is 121 Å². The fourth-order valence-corrected chi connectivity index (χ4v) is 3.56. The van der Waals surface area contributed by atoms with Crippen molar-refractivity contribution >= 4 is 23.8 Å². The number of carboxylic acid groups (broad SMARTS) is 1. The number of hydrogen-bond acceptors (Lipinski definition) is 4. The van der Waals surface area contributed by atoms with Crippen molar-refractivity contribution in [3.05, 3.63) is 24.2 Å². The van der Waals surface area contributed by atoms with Gasteiger partial charge in [-0.3, -0.25) is 4.90 Å². The first-order valence-corrected chi connectivity index (χ1v) is 7.56. The van der Waals surface area contributed by atoms with Crippen molar-refractivity contribution in [2.45, 2.75) is 37.7 Å².